The summed E-state index contributed by atoms with van der Waals surface area (Å²) in [6.45, 7) is 7.25. The third-order valence-corrected chi connectivity index (χ3v) is 2.82. The summed E-state index contributed by atoms with van der Waals surface area (Å²) in [4.78, 5) is 2.34. The largest absolute Gasteiger partial charge is 0.346 e. The summed E-state index contributed by atoms with van der Waals surface area (Å²) >= 11 is 0. The lowest BCUT2D eigenvalue weighted by Crippen LogP contribution is -2.20. The summed E-state index contributed by atoms with van der Waals surface area (Å²) in [5.74, 6) is 0. The first-order valence-corrected chi connectivity index (χ1v) is 5.30. The van der Waals surface area contributed by atoms with Crippen LogP contribution in [0.1, 0.15) is 25.3 Å². The molecule has 2 rings (SSSR count). The Morgan fingerprint density at radius 2 is 2.07 bits per heavy atom. The lowest BCUT2D eigenvalue weighted by atomic mass is 10.1. The summed E-state index contributed by atoms with van der Waals surface area (Å²) in [6.07, 6.45) is 3.77. The van der Waals surface area contributed by atoms with Crippen molar-refractivity contribution in [3.63, 3.8) is 0 Å². The van der Waals surface area contributed by atoms with Crippen LogP contribution in [-0.4, -0.2) is 6.54 Å². The summed E-state index contributed by atoms with van der Waals surface area (Å²) < 4.78 is 0. The van der Waals surface area contributed by atoms with Crippen LogP contribution in [-0.2, 0) is 6.42 Å². The maximum Gasteiger partial charge on any atom is 0.0440 e. The maximum atomic E-state index is 4.05. The summed E-state index contributed by atoms with van der Waals surface area (Å²) in [5, 5.41) is 0. The van der Waals surface area contributed by atoms with Gasteiger partial charge in [-0.2, -0.15) is 0 Å². The predicted molar refractivity (Wildman–Crippen MR) is 61.5 cm³/mol. The van der Waals surface area contributed by atoms with Crippen LogP contribution in [0.5, 0.6) is 0 Å². The normalized spacial score (nSPS) is 15.9. The van der Waals surface area contributed by atoms with E-state index in [-0.39, 0.29) is 0 Å². The average molecular weight is 187 g/mol. The molecule has 0 bridgehead atoms. The zero-order chi connectivity index (χ0) is 9.97. The van der Waals surface area contributed by atoms with Crippen LogP contribution in [0.4, 0.5) is 5.69 Å². The molecular weight excluding hydrogens is 170 g/mol. The molecule has 14 heavy (non-hydrogen) atoms. The van der Waals surface area contributed by atoms with Crippen LogP contribution < -0.4 is 4.90 Å². The zero-order valence-corrected chi connectivity index (χ0v) is 8.79. The van der Waals surface area contributed by atoms with Crippen molar-refractivity contribution in [2.24, 2.45) is 0 Å². The minimum Gasteiger partial charge on any atom is -0.346 e. The number of aryl methyl sites for hydroxylation is 1. The second kappa shape index (κ2) is 3.87. The van der Waals surface area contributed by atoms with Gasteiger partial charge < -0.3 is 4.90 Å². The van der Waals surface area contributed by atoms with E-state index in [2.05, 4.69) is 42.7 Å². The minimum atomic E-state index is 1.12. The molecule has 1 heteroatoms. The topological polar surface area (TPSA) is 3.24 Å². The summed E-state index contributed by atoms with van der Waals surface area (Å²) in [5.41, 5.74) is 3.98. The number of anilines is 1. The van der Waals surface area contributed by atoms with Gasteiger partial charge in [0.25, 0.3) is 0 Å². The van der Waals surface area contributed by atoms with Crippen LogP contribution in [0.2, 0.25) is 0 Å². The van der Waals surface area contributed by atoms with Gasteiger partial charge in [-0.1, -0.05) is 24.8 Å². The van der Waals surface area contributed by atoms with E-state index < -0.39 is 0 Å². The van der Waals surface area contributed by atoms with Crippen LogP contribution in [0.25, 0.3) is 0 Å². The Labute approximate surface area is 86.1 Å². The molecule has 0 aromatic heterocycles. The van der Waals surface area contributed by atoms with Gasteiger partial charge in [-0.25, -0.2) is 0 Å². The fourth-order valence-electron chi connectivity index (χ4n) is 2.09. The van der Waals surface area contributed by atoms with Crippen molar-refractivity contribution in [2.45, 2.75) is 26.2 Å². The Morgan fingerprint density at radius 1 is 1.29 bits per heavy atom. The van der Waals surface area contributed by atoms with E-state index in [9.17, 15) is 0 Å². The quantitative estimate of drug-likeness (QED) is 0.651. The molecule has 0 spiro atoms. The molecule has 74 valence electrons. The Kier molecular flexibility index (Phi) is 2.58. The molecule has 0 atom stereocenters. The van der Waals surface area contributed by atoms with Gasteiger partial charge >= 0.3 is 0 Å². The third kappa shape index (κ3) is 1.67. The Morgan fingerprint density at radius 3 is 2.86 bits per heavy atom. The van der Waals surface area contributed by atoms with E-state index in [1.807, 2.05) is 0 Å². The van der Waals surface area contributed by atoms with Crippen molar-refractivity contribution in [3.05, 3.63) is 42.1 Å². The molecule has 1 aromatic carbocycles. The van der Waals surface area contributed by atoms with Crippen LogP contribution in [0, 0.1) is 0 Å². The highest BCUT2D eigenvalue weighted by Crippen LogP contribution is 2.28. The highest BCUT2D eigenvalue weighted by atomic mass is 15.1. The van der Waals surface area contributed by atoms with Crippen molar-refractivity contribution in [2.75, 3.05) is 11.4 Å². The highest BCUT2D eigenvalue weighted by Gasteiger charge is 2.14. The number of fused-ring (bicyclic) bond motifs is 1. The van der Waals surface area contributed by atoms with Gasteiger partial charge in [-0.3, -0.25) is 0 Å². The van der Waals surface area contributed by atoms with Crippen molar-refractivity contribution in [1.82, 2.24) is 0 Å². The van der Waals surface area contributed by atoms with Gasteiger partial charge in [0.2, 0.25) is 0 Å². The van der Waals surface area contributed by atoms with E-state index in [0.29, 0.717) is 0 Å². The van der Waals surface area contributed by atoms with E-state index in [1.54, 1.807) is 0 Å². The molecule has 1 aliphatic rings. The average Bonchev–Trinajstić information content (AvgIpc) is 2.39. The molecule has 0 saturated heterocycles. The van der Waals surface area contributed by atoms with E-state index in [0.717, 1.165) is 12.2 Å². The monoisotopic (exact) mass is 187 g/mol. The van der Waals surface area contributed by atoms with Gasteiger partial charge in [-0.15, -0.1) is 0 Å². The smallest absolute Gasteiger partial charge is 0.0440 e. The Hall–Kier alpha value is -1.24. The van der Waals surface area contributed by atoms with E-state index in [4.69, 9.17) is 0 Å². The summed E-state index contributed by atoms with van der Waals surface area (Å²) in [6, 6.07) is 8.67. The minimum absolute atomic E-state index is 1.12. The molecule has 1 heterocycles. The predicted octanol–water partition coefficient (Wildman–Crippen LogP) is 3.36. The molecule has 0 fully saturated rings. The number of rotatable bonds is 1. The van der Waals surface area contributed by atoms with E-state index in [1.165, 1.54) is 30.5 Å². The van der Waals surface area contributed by atoms with Crippen molar-refractivity contribution in [3.8, 4) is 0 Å². The number of allylic oxidation sites excluding steroid dienone is 1. The molecule has 0 unspecified atom stereocenters. The SMILES string of the molecule is C=C(C)N1CCCCc2ccccc21. The van der Waals surface area contributed by atoms with Gasteiger partial charge in [-0.05, 0) is 37.8 Å². The molecule has 0 radical (unpaired) electrons. The molecule has 0 aliphatic carbocycles. The zero-order valence-electron chi connectivity index (χ0n) is 8.79. The number of hydrogen-bond donors (Lipinski definition) is 0. The maximum absolute atomic E-state index is 4.05. The first-order chi connectivity index (χ1) is 6.79. The molecular formula is C13H17N. The second-order valence-electron chi connectivity index (χ2n) is 3.97. The van der Waals surface area contributed by atoms with E-state index >= 15 is 0 Å². The van der Waals surface area contributed by atoms with Gasteiger partial charge in [0.05, 0.1) is 0 Å². The number of benzene rings is 1. The van der Waals surface area contributed by atoms with Gasteiger partial charge in [0.1, 0.15) is 0 Å². The second-order valence-corrected chi connectivity index (χ2v) is 3.97. The third-order valence-electron chi connectivity index (χ3n) is 2.82. The molecule has 0 amide bonds. The summed E-state index contributed by atoms with van der Waals surface area (Å²) in [7, 11) is 0. The first kappa shape index (κ1) is 9.32. The lowest BCUT2D eigenvalue weighted by Gasteiger charge is -2.24. The standard InChI is InChI=1S/C13H17N/c1-11(2)14-10-6-5-8-12-7-3-4-9-13(12)14/h3-4,7,9H,1,5-6,8,10H2,2H3. The number of hydrogen-bond acceptors (Lipinski definition) is 1. The molecule has 1 aliphatic heterocycles. The Balaban J connectivity index is 2.42. The van der Waals surface area contributed by atoms with Crippen molar-refractivity contribution < 1.29 is 0 Å². The van der Waals surface area contributed by atoms with Crippen LogP contribution in [0.15, 0.2) is 36.5 Å². The van der Waals surface area contributed by atoms with Gasteiger partial charge in [0, 0.05) is 17.9 Å². The fourth-order valence-corrected chi connectivity index (χ4v) is 2.09. The molecule has 0 saturated carbocycles. The Bertz CT molecular complexity index is 341. The number of para-hydroxylation sites is 1. The number of nitrogens with zero attached hydrogens (tertiary/aromatic N) is 1. The van der Waals surface area contributed by atoms with Crippen LogP contribution in [0.3, 0.4) is 0 Å². The fraction of sp³-hybridized carbons (Fsp3) is 0.385. The first-order valence-electron chi connectivity index (χ1n) is 5.30. The highest BCUT2D eigenvalue weighted by molar-refractivity contribution is 5.57. The molecule has 1 aromatic rings. The molecule has 1 nitrogen and oxygen atoms in total. The van der Waals surface area contributed by atoms with Crippen LogP contribution >= 0.6 is 0 Å². The van der Waals surface area contributed by atoms with Gasteiger partial charge in [0.15, 0.2) is 0 Å². The molecule has 0 N–H and O–H groups in total. The lowest BCUT2D eigenvalue weighted by molar-refractivity contribution is 0.750. The van der Waals surface area contributed by atoms with Crippen molar-refractivity contribution in [1.29, 1.82) is 0 Å². The van der Waals surface area contributed by atoms with Crippen molar-refractivity contribution >= 4 is 5.69 Å².